The average molecular weight is 255 g/mol. The Kier molecular flexibility index (Phi) is 3.74. The number of hydrogen-bond donors (Lipinski definition) is 2. The van der Waals surface area contributed by atoms with Crippen molar-refractivity contribution in [3.63, 3.8) is 0 Å². The number of hydrogen-bond acceptors (Lipinski definition) is 3. The number of carbonyl (C=O) groups excluding carboxylic acids is 1. The molecule has 5 heteroatoms. The predicted octanol–water partition coefficient (Wildman–Crippen LogP) is 2.04. The van der Waals surface area contributed by atoms with Gasteiger partial charge in [0.1, 0.15) is 5.75 Å². The van der Waals surface area contributed by atoms with Gasteiger partial charge in [0.2, 0.25) is 5.91 Å². The highest BCUT2D eigenvalue weighted by molar-refractivity contribution is 6.32. The number of anilines is 1. The number of benzene rings is 1. The second-order valence-electron chi connectivity index (χ2n) is 4.03. The van der Waals surface area contributed by atoms with E-state index in [9.17, 15) is 4.79 Å². The normalized spacial score (nSPS) is 18.9. The van der Waals surface area contributed by atoms with Gasteiger partial charge in [0.25, 0.3) is 0 Å². The highest BCUT2D eigenvalue weighted by atomic mass is 35.5. The van der Waals surface area contributed by atoms with Crippen LogP contribution in [0, 0.1) is 0 Å². The van der Waals surface area contributed by atoms with Gasteiger partial charge in [0.15, 0.2) is 0 Å². The Bertz CT molecular complexity index is 423. The molecule has 0 aliphatic carbocycles. The van der Waals surface area contributed by atoms with Gasteiger partial charge in [-0.3, -0.25) is 4.79 Å². The van der Waals surface area contributed by atoms with Crippen molar-refractivity contribution in [2.45, 2.75) is 18.9 Å². The first-order valence-electron chi connectivity index (χ1n) is 5.56. The summed E-state index contributed by atoms with van der Waals surface area (Å²) < 4.78 is 5.13. The third-order valence-corrected chi connectivity index (χ3v) is 3.10. The predicted molar refractivity (Wildman–Crippen MR) is 67.7 cm³/mol. The molecule has 2 N–H and O–H groups in total. The molecule has 92 valence electrons. The maximum atomic E-state index is 11.0. The number of carbonyl (C=O) groups is 1. The van der Waals surface area contributed by atoms with Gasteiger partial charge in [0.05, 0.1) is 12.1 Å². The van der Waals surface area contributed by atoms with E-state index in [1.807, 2.05) is 12.1 Å². The number of ether oxygens (including phenoxy) is 1. The Balaban J connectivity index is 1.92. The van der Waals surface area contributed by atoms with Gasteiger partial charge < -0.3 is 15.4 Å². The molecule has 1 atom stereocenters. The largest absolute Gasteiger partial charge is 0.495 e. The van der Waals surface area contributed by atoms with Crippen LogP contribution < -0.4 is 15.4 Å². The Morgan fingerprint density at radius 1 is 1.59 bits per heavy atom. The number of amides is 1. The van der Waals surface area contributed by atoms with Gasteiger partial charge in [-0.25, -0.2) is 0 Å². The van der Waals surface area contributed by atoms with Crippen LogP contribution in [-0.4, -0.2) is 25.6 Å². The Morgan fingerprint density at radius 3 is 3.06 bits per heavy atom. The molecule has 17 heavy (non-hydrogen) atoms. The molecule has 0 radical (unpaired) electrons. The molecular formula is C12H15ClN2O2. The fourth-order valence-corrected chi connectivity index (χ4v) is 2.04. The molecule has 1 aliphatic rings. The van der Waals surface area contributed by atoms with Crippen molar-refractivity contribution < 1.29 is 9.53 Å². The van der Waals surface area contributed by atoms with Crippen molar-refractivity contribution >= 4 is 23.2 Å². The number of rotatable bonds is 4. The fraction of sp³-hybridized carbons (Fsp3) is 0.417. The van der Waals surface area contributed by atoms with Crippen molar-refractivity contribution in [1.29, 1.82) is 0 Å². The van der Waals surface area contributed by atoms with E-state index in [-0.39, 0.29) is 11.9 Å². The molecule has 1 heterocycles. The van der Waals surface area contributed by atoms with Crippen LogP contribution in [0.15, 0.2) is 18.2 Å². The summed E-state index contributed by atoms with van der Waals surface area (Å²) in [4.78, 5) is 11.0. The molecule has 2 rings (SSSR count). The Morgan fingerprint density at radius 2 is 2.41 bits per heavy atom. The van der Waals surface area contributed by atoms with E-state index < -0.39 is 0 Å². The van der Waals surface area contributed by atoms with Crippen LogP contribution >= 0.6 is 11.6 Å². The van der Waals surface area contributed by atoms with Gasteiger partial charge in [0, 0.05) is 30.8 Å². The van der Waals surface area contributed by atoms with E-state index in [2.05, 4.69) is 10.6 Å². The first-order valence-corrected chi connectivity index (χ1v) is 5.93. The van der Waals surface area contributed by atoms with Crippen molar-refractivity contribution in [2.24, 2.45) is 0 Å². The molecule has 1 unspecified atom stereocenters. The van der Waals surface area contributed by atoms with Crippen LogP contribution in [0.25, 0.3) is 0 Å². The molecule has 0 aromatic heterocycles. The topological polar surface area (TPSA) is 50.4 Å². The molecule has 4 nitrogen and oxygen atoms in total. The van der Waals surface area contributed by atoms with E-state index in [0.717, 1.165) is 18.7 Å². The SMILES string of the molecule is COc1cc(NCC2CCC(=O)N2)ccc1Cl. The third-order valence-electron chi connectivity index (χ3n) is 2.79. The van der Waals surface area contributed by atoms with Crippen LogP contribution in [0.2, 0.25) is 5.02 Å². The third kappa shape index (κ3) is 3.03. The van der Waals surface area contributed by atoms with Gasteiger partial charge >= 0.3 is 0 Å². The Hall–Kier alpha value is -1.42. The number of nitrogens with one attached hydrogen (secondary N) is 2. The zero-order valence-corrected chi connectivity index (χ0v) is 10.4. The van der Waals surface area contributed by atoms with Crippen LogP contribution in [0.5, 0.6) is 5.75 Å². The smallest absolute Gasteiger partial charge is 0.220 e. The fourth-order valence-electron chi connectivity index (χ4n) is 1.84. The van der Waals surface area contributed by atoms with Gasteiger partial charge in [-0.05, 0) is 18.6 Å². The molecule has 1 aromatic rings. The molecule has 1 amide bonds. The maximum Gasteiger partial charge on any atom is 0.220 e. The van der Waals surface area contributed by atoms with Crippen LogP contribution in [0.1, 0.15) is 12.8 Å². The Labute approximate surface area is 105 Å². The van der Waals surface area contributed by atoms with E-state index in [1.54, 1.807) is 13.2 Å². The van der Waals surface area contributed by atoms with E-state index in [0.29, 0.717) is 17.2 Å². The van der Waals surface area contributed by atoms with Crippen molar-refractivity contribution in [2.75, 3.05) is 19.0 Å². The summed E-state index contributed by atoms with van der Waals surface area (Å²) in [5.74, 6) is 0.776. The van der Waals surface area contributed by atoms with Crippen LogP contribution in [0.4, 0.5) is 5.69 Å². The molecule has 0 bridgehead atoms. The van der Waals surface area contributed by atoms with Gasteiger partial charge in [-0.15, -0.1) is 0 Å². The molecule has 1 aromatic carbocycles. The molecule has 0 saturated carbocycles. The lowest BCUT2D eigenvalue weighted by molar-refractivity contribution is -0.119. The van der Waals surface area contributed by atoms with Crippen LogP contribution in [0.3, 0.4) is 0 Å². The minimum atomic E-state index is 0.130. The van der Waals surface area contributed by atoms with Gasteiger partial charge in [-0.2, -0.15) is 0 Å². The average Bonchev–Trinajstić information content (AvgIpc) is 2.74. The number of methoxy groups -OCH3 is 1. The molecule has 1 saturated heterocycles. The first-order chi connectivity index (χ1) is 8.19. The van der Waals surface area contributed by atoms with Crippen molar-refractivity contribution in [3.05, 3.63) is 23.2 Å². The summed E-state index contributed by atoms with van der Waals surface area (Å²) in [6, 6.07) is 5.74. The molecule has 1 aliphatic heterocycles. The van der Waals surface area contributed by atoms with E-state index >= 15 is 0 Å². The summed E-state index contributed by atoms with van der Waals surface area (Å²) in [7, 11) is 1.59. The maximum absolute atomic E-state index is 11.0. The highest BCUT2D eigenvalue weighted by Gasteiger charge is 2.20. The first kappa shape index (κ1) is 12.0. The highest BCUT2D eigenvalue weighted by Crippen LogP contribution is 2.27. The summed E-state index contributed by atoms with van der Waals surface area (Å²) >= 11 is 5.93. The molecular weight excluding hydrogens is 240 g/mol. The zero-order chi connectivity index (χ0) is 12.3. The minimum Gasteiger partial charge on any atom is -0.495 e. The monoisotopic (exact) mass is 254 g/mol. The summed E-state index contributed by atoms with van der Waals surface area (Å²) in [6.07, 6.45) is 1.51. The van der Waals surface area contributed by atoms with E-state index in [4.69, 9.17) is 16.3 Å². The zero-order valence-electron chi connectivity index (χ0n) is 9.63. The standard InChI is InChI=1S/C12H15ClN2O2/c1-17-11-6-8(2-4-10(11)13)14-7-9-3-5-12(16)15-9/h2,4,6,9,14H,3,5,7H2,1H3,(H,15,16). The summed E-state index contributed by atoms with van der Waals surface area (Å²) in [6.45, 7) is 0.719. The quantitative estimate of drug-likeness (QED) is 0.865. The second kappa shape index (κ2) is 5.27. The summed E-state index contributed by atoms with van der Waals surface area (Å²) in [5.41, 5.74) is 0.937. The van der Waals surface area contributed by atoms with Crippen molar-refractivity contribution in [3.8, 4) is 5.75 Å². The lowest BCUT2D eigenvalue weighted by Crippen LogP contribution is -2.31. The lowest BCUT2D eigenvalue weighted by atomic mass is 10.2. The molecule has 0 spiro atoms. The lowest BCUT2D eigenvalue weighted by Gasteiger charge is -2.13. The number of halogens is 1. The van der Waals surface area contributed by atoms with Gasteiger partial charge in [-0.1, -0.05) is 11.6 Å². The van der Waals surface area contributed by atoms with Crippen LogP contribution in [-0.2, 0) is 4.79 Å². The molecule has 1 fully saturated rings. The second-order valence-corrected chi connectivity index (χ2v) is 4.44. The summed E-state index contributed by atoms with van der Waals surface area (Å²) in [5, 5.41) is 6.75. The van der Waals surface area contributed by atoms with Crippen molar-refractivity contribution in [1.82, 2.24) is 5.32 Å². The minimum absolute atomic E-state index is 0.130. The van der Waals surface area contributed by atoms with E-state index in [1.165, 1.54) is 0 Å².